The molecule has 0 aromatic rings. The minimum atomic E-state index is 0. The first-order chi connectivity index (χ1) is 0. The SMILES string of the molecule is P.[Cd+2].[S-2].[Zn+2]. The fraction of sp³-hybridized carbons (Fsp3) is 0. The Bertz CT molecular complexity index is 8.00. The number of rotatable bonds is 0. The van der Waals surface area contributed by atoms with E-state index in [1.54, 1.807) is 0 Å². The molecule has 0 aliphatic carbocycles. The Morgan fingerprint density at radius 2 is 1.00 bits per heavy atom. The van der Waals surface area contributed by atoms with Crippen molar-refractivity contribution >= 4 is 23.4 Å². The minimum absolute atomic E-state index is 0. The van der Waals surface area contributed by atoms with Crippen LogP contribution >= 0.6 is 9.90 Å². The Morgan fingerprint density at radius 3 is 1.00 bits per heavy atom. The van der Waals surface area contributed by atoms with E-state index in [-0.39, 0.29) is 70.2 Å². The van der Waals surface area contributed by atoms with Crippen LogP contribution in [-0.2, 0) is 60.3 Å². The first-order valence-corrected chi connectivity index (χ1v) is 0. The molecule has 0 aromatic carbocycles. The van der Waals surface area contributed by atoms with Gasteiger partial charge >= 0.3 is 46.8 Å². The summed E-state index contributed by atoms with van der Waals surface area (Å²) in [6.07, 6.45) is 0. The summed E-state index contributed by atoms with van der Waals surface area (Å²) in [5, 5.41) is 0. The average Bonchev–Trinajstić information content (AvgIpc) is 0. The van der Waals surface area contributed by atoms with Gasteiger partial charge in [0.05, 0.1) is 0 Å². The first-order valence-electron chi connectivity index (χ1n) is 0. The van der Waals surface area contributed by atoms with Gasteiger partial charge in [-0.2, -0.15) is 9.90 Å². The second kappa shape index (κ2) is 18.4. The smallest absolute Gasteiger partial charge is 2.00 e. The van der Waals surface area contributed by atoms with Crippen molar-refractivity contribution in [3.63, 3.8) is 0 Å². The van der Waals surface area contributed by atoms with Crippen molar-refractivity contribution in [3.8, 4) is 0 Å². The maximum absolute atomic E-state index is 0. The molecule has 0 aliphatic heterocycles. The van der Waals surface area contributed by atoms with Crippen LogP contribution in [0.15, 0.2) is 0 Å². The van der Waals surface area contributed by atoms with E-state index in [1.807, 2.05) is 0 Å². The van der Waals surface area contributed by atoms with Crippen molar-refractivity contribution in [2.24, 2.45) is 0 Å². The van der Waals surface area contributed by atoms with E-state index < -0.39 is 0 Å². The van der Waals surface area contributed by atoms with E-state index in [1.165, 1.54) is 0 Å². The zero-order valence-corrected chi connectivity index (χ0v) is 11.8. The molecule has 0 rings (SSSR count). The van der Waals surface area contributed by atoms with Crippen LogP contribution in [0.2, 0.25) is 0 Å². The molecule has 0 nitrogen and oxygen atoms in total. The zero-order chi connectivity index (χ0) is 0. The molecule has 0 fully saturated rings. The molecule has 0 aromatic heterocycles. The monoisotopic (exact) mass is 244 g/mol. The Morgan fingerprint density at radius 1 is 1.00 bits per heavy atom. The van der Waals surface area contributed by atoms with Crippen LogP contribution in [0.4, 0.5) is 0 Å². The second-order valence-corrected chi connectivity index (χ2v) is 0. The van der Waals surface area contributed by atoms with Gasteiger partial charge in [0.2, 0.25) is 0 Å². The molecule has 4 heavy (non-hydrogen) atoms. The van der Waals surface area contributed by atoms with Gasteiger partial charge in [-0.05, 0) is 0 Å². The molecule has 0 spiro atoms. The standard InChI is InChI=1S/Cd.H3P.S.Zn/h;1H3;;/q+2;;-2;+2. The van der Waals surface area contributed by atoms with Gasteiger partial charge in [0.15, 0.2) is 0 Å². The summed E-state index contributed by atoms with van der Waals surface area (Å²) in [4.78, 5) is 0. The Labute approximate surface area is 69.5 Å². The van der Waals surface area contributed by atoms with Crippen LogP contribution in [0.25, 0.3) is 0 Å². The van der Waals surface area contributed by atoms with Crippen LogP contribution in [0.5, 0.6) is 0 Å². The van der Waals surface area contributed by atoms with Crippen LogP contribution in [0.3, 0.4) is 0 Å². The average molecular weight is 244 g/mol. The fourth-order valence-electron chi connectivity index (χ4n) is 0. The van der Waals surface area contributed by atoms with E-state index in [0.717, 1.165) is 0 Å². The minimum Gasteiger partial charge on any atom is -2.00 e. The number of hydrogen-bond acceptors (Lipinski definition) is 0. The second-order valence-electron chi connectivity index (χ2n) is 0. The zero-order valence-electron chi connectivity index (χ0n) is 2.53. The predicted octanol–water partition coefficient (Wildman–Crippen LogP) is 0.0507. The molecule has 0 bridgehead atoms. The van der Waals surface area contributed by atoms with Crippen molar-refractivity contribution in [1.82, 2.24) is 0 Å². The molecule has 0 aliphatic rings. The van der Waals surface area contributed by atoms with Gasteiger partial charge in [0.1, 0.15) is 0 Å². The summed E-state index contributed by atoms with van der Waals surface area (Å²) in [7, 11) is 0. The van der Waals surface area contributed by atoms with E-state index >= 15 is 0 Å². The summed E-state index contributed by atoms with van der Waals surface area (Å²) in [6, 6.07) is 0. The third-order valence-electron chi connectivity index (χ3n) is 0. The molecule has 16 valence electrons. The predicted molar refractivity (Wildman–Crippen MR) is 18.5 cm³/mol. The summed E-state index contributed by atoms with van der Waals surface area (Å²) in [6.45, 7) is 0. The van der Waals surface area contributed by atoms with Gasteiger partial charge in [-0.15, -0.1) is 0 Å². The Hall–Kier alpha value is 2.33. The maximum atomic E-state index is 0. The van der Waals surface area contributed by atoms with E-state index in [0.29, 0.717) is 0 Å². The van der Waals surface area contributed by atoms with E-state index in [2.05, 4.69) is 0 Å². The van der Waals surface area contributed by atoms with Crippen LogP contribution in [0, 0.1) is 0 Å². The van der Waals surface area contributed by atoms with Crippen molar-refractivity contribution in [3.05, 3.63) is 0 Å². The summed E-state index contributed by atoms with van der Waals surface area (Å²) in [5.74, 6) is 0. The quantitative estimate of drug-likeness (QED) is 0.417. The summed E-state index contributed by atoms with van der Waals surface area (Å²) in [5.41, 5.74) is 0. The topological polar surface area (TPSA) is 0 Å². The Kier molecular flexibility index (Phi) is 153. The molecule has 0 saturated carbocycles. The van der Waals surface area contributed by atoms with Crippen LogP contribution < -0.4 is 0 Å². The maximum Gasteiger partial charge on any atom is 2.00 e. The number of hydrogen-bond donors (Lipinski definition) is 0. The van der Waals surface area contributed by atoms with E-state index in [9.17, 15) is 0 Å². The molecule has 4 heteroatoms. The van der Waals surface area contributed by atoms with Gasteiger partial charge in [-0.25, -0.2) is 0 Å². The van der Waals surface area contributed by atoms with Crippen LogP contribution in [0.1, 0.15) is 0 Å². The van der Waals surface area contributed by atoms with Crippen LogP contribution in [-0.4, -0.2) is 0 Å². The molecular weight excluding hydrogens is 241 g/mol. The molecule has 0 amide bonds. The van der Waals surface area contributed by atoms with Crippen molar-refractivity contribution in [2.45, 2.75) is 0 Å². The molecule has 0 N–H and O–H groups in total. The van der Waals surface area contributed by atoms with Gasteiger partial charge < -0.3 is 13.5 Å². The van der Waals surface area contributed by atoms with Gasteiger partial charge in [0.25, 0.3) is 0 Å². The van der Waals surface area contributed by atoms with Crippen molar-refractivity contribution in [1.29, 1.82) is 0 Å². The molecule has 1 unspecified atom stereocenters. The summed E-state index contributed by atoms with van der Waals surface area (Å²) < 4.78 is 0. The van der Waals surface area contributed by atoms with Gasteiger partial charge in [-0.1, -0.05) is 0 Å². The van der Waals surface area contributed by atoms with Crippen molar-refractivity contribution < 1.29 is 46.8 Å². The molecule has 0 radical (unpaired) electrons. The normalized spacial score (nSPS) is 0. The van der Waals surface area contributed by atoms with Gasteiger partial charge in [0, 0.05) is 0 Å². The third-order valence-corrected chi connectivity index (χ3v) is 0. The Balaban J connectivity index is 0. The molecular formula is H3CdPSZn+2. The first kappa shape index (κ1) is 33.2. The van der Waals surface area contributed by atoms with Crippen molar-refractivity contribution in [2.75, 3.05) is 0 Å². The van der Waals surface area contributed by atoms with E-state index in [4.69, 9.17) is 0 Å². The van der Waals surface area contributed by atoms with Gasteiger partial charge in [-0.3, -0.25) is 0 Å². The molecule has 0 heterocycles. The molecule has 1 atom stereocenters. The third kappa shape index (κ3) is 8.85. The summed E-state index contributed by atoms with van der Waals surface area (Å²) >= 11 is 0. The fourth-order valence-corrected chi connectivity index (χ4v) is 0. The largest absolute Gasteiger partial charge is 2.00 e. The molecule has 0 saturated heterocycles.